The number of rotatable bonds is 4. The molecule has 0 radical (unpaired) electrons. The standard InChI is InChI=1S/C4H10O3Si4/c1-4-11(2,3)10(7)9(6)8-5/h4,8H,1H2,2-3H3. The van der Waals surface area contributed by atoms with Crippen molar-refractivity contribution in [1.82, 2.24) is 0 Å². The van der Waals surface area contributed by atoms with Crippen LogP contribution in [0.15, 0.2) is 12.3 Å². The summed E-state index contributed by atoms with van der Waals surface area (Å²) in [4.78, 5) is 0. The summed E-state index contributed by atoms with van der Waals surface area (Å²) in [5.41, 5.74) is 1.64. The second-order valence-corrected chi connectivity index (χ2v) is 21.8. The van der Waals surface area contributed by atoms with Crippen molar-refractivity contribution < 1.29 is 13.4 Å². The van der Waals surface area contributed by atoms with Crippen molar-refractivity contribution in [3.8, 4) is 0 Å². The highest BCUT2D eigenvalue weighted by atomic mass is 29.8. The van der Waals surface area contributed by atoms with E-state index < -0.39 is 32.0 Å². The van der Waals surface area contributed by atoms with Crippen LogP contribution in [0.3, 0.4) is 0 Å². The largest absolute Gasteiger partial charge is 0.388 e. The van der Waals surface area contributed by atoms with Crippen LogP contribution in [0, 0.1) is 0 Å². The molecular weight excluding hydrogens is 208 g/mol. The third-order valence-electron chi connectivity index (χ3n) is 1.43. The molecule has 0 aliphatic rings. The van der Waals surface area contributed by atoms with E-state index in [9.17, 15) is 13.4 Å². The Morgan fingerprint density at radius 1 is 1.45 bits per heavy atom. The van der Waals surface area contributed by atoms with Gasteiger partial charge in [0.25, 0.3) is 0 Å². The average molecular weight is 218 g/mol. The third kappa shape index (κ3) is 2.85. The summed E-state index contributed by atoms with van der Waals surface area (Å²) in [6, 6.07) is 0. The van der Waals surface area contributed by atoms with Gasteiger partial charge in [-0.05, 0) is 0 Å². The molecular formula is C4H10O3Si4. The van der Waals surface area contributed by atoms with Crippen LogP contribution in [0.25, 0.3) is 0 Å². The van der Waals surface area contributed by atoms with Crippen LogP contribution in [0.4, 0.5) is 0 Å². The van der Waals surface area contributed by atoms with Gasteiger partial charge in [-0.2, -0.15) is 0 Å². The fourth-order valence-corrected chi connectivity index (χ4v) is 23.4. The van der Waals surface area contributed by atoms with E-state index in [1.54, 1.807) is 5.70 Å². The van der Waals surface area contributed by atoms with Gasteiger partial charge in [0.15, 0.2) is 0 Å². The van der Waals surface area contributed by atoms with Crippen LogP contribution in [0.5, 0.6) is 0 Å². The second kappa shape index (κ2) is 4.14. The normalized spacial score (nSPS) is 10.4. The van der Waals surface area contributed by atoms with E-state index >= 15 is 0 Å². The minimum absolute atomic E-state index is 1.34. The first-order valence-corrected chi connectivity index (χ1v) is 13.3. The lowest BCUT2D eigenvalue weighted by molar-refractivity contribution is 0.551. The van der Waals surface area contributed by atoms with Crippen LogP contribution in [-0.4, -0.2) is 32.0 Å². The highest BCUT2D eigenvalue weighted by Gasteiger charge is 2.35. The Bertz CT molecular complexity index is 221. The van der Waals surface area contributed by atoms with E-state index in [4.69, 9.17) is 0 Å². The topological polar surface area (TPSA) is 51.2 Å². The molecule has 11 heavy (non-hydrogen) atoms. The molecule has 0 unspecified atom stereocenters. The molecule has 0 heterocycles. The Morgan fingerprint density at radius 2 is 1.91 bits per heavy atom. The molecule has 0 bridgehead atoms. The summed E-state index contributed by atoms with van der Waals surface area (Å²) in [5.74, 6) is 0. The molecule has 0 spiro atoms. The maximum absolute atomic E-state index is 11.4. The first-order chi connectivity index (χ1) is 4.95. The summed E-state index contributed by atoms with van der Waals surface area (Å²) in [7, 11) is -7.70. The predicted octanol–water partition coefficient (Wildman–Crippen LogP) is -0.301. The molecule has 0 aromatic carbocycles. The van der Waals surface area contributed by atoms with E-state index in [2.05, 4.69) is 6.58 Å². The molecule has 0 aromatic heterocycles. The van der Waals surface area contributed by atoms with Crippen LogP contribution >= 0.6 is 0 Å². The smallest absolute Gasteiger partial charge is 0.366 e. The Balaban J connectivity index is 4.61. The van der Waals surface area contributed by atoms with Crippen LogP contribution in [0.1, 0.15) is 0 Å². The maximum Gasteiger partial charge on any atom is 0.366 e. The van der Waals surface area contributed by atoms with E-state index in [1.807, 2.05) is 13.1 Å². The molecule has 0 N–H and O–H groups in total. The molecule has 0 rings (SSSR count). The van der Waals surface area contributed by atoms with Crippen molar-refractivity contribution in [3.63, 3.8) is 0 Å². The highest BCUT2D eigenvalue weighted by Crippen LogP contribution is 2.01. The first kappa shape index (κ1) is 11.0. The Morgan fingerprint density at radius 3 is 2.18 bits per heavy atom. The van der Waals surface area contributed by atoms with Crippen LogP contribution < -0.4 is 0 Å². The Kier molecular flexibility index (Phi) is 4.14. The van der Waals surface area contributed by atoms with Gasteiger partial charge in [0, 0.05) is 0 Å². The lowest BCUT2D eigenvalue weighted by Crippen LogP contribution is -2.45. The zero-order valence-electron chi connectivity index (χ0n) is 6.59. The highest BCUT2D eigenvalue weighted by molar-refractivity contribution is 7.57. The predicted molar refractivity (Wildman–Crippen MR) is 48.4 cm³/mol. The Hall–Kier alpha value is 0.00753. The summed E-state index contributed by atoms with van der Waals surface area (Å²) < 4.78 is 32.6. The van der Waals surface area contributed by atoms with Gasteiger partial charge in [0.1, 0.15) is 7.59 Å². The molecule has 3 nitrogen and oxygen atoms in total. The molecule has 0 fully saturated rings. The molecule has 7 heteroatoms. The summed E-state index contributed by atoms with van der Waals surface area (Å²) in [6.07, 6.45) is 0. The molecule has 0 saturated heterocycles. The zero-order valence-corrected chi connectivity index (χ0v) is 10.7. The lowest BCUT2D eigenvalue weighted by atomic mass is 11.3. The Labute approximate surface area is 71.1 Å². The van der Waals surface area contributed by atoms with E-state index in [0.29, 0.717) is 0 Å². The van der Waals surface area contributed by atoms with Crippen LogP contribution in [-0.2, 0) is 13.4 Å². The van der Waals surface area contributed by atoms with Crippen molar-refractivity contribution in [2.75, 3.05) is 0 Å². The molecule has 0 aromatic rings. The molecule has 0 saturated carbocycles. The van der Waals surface area contributed by atoms with E-state index in [1.165, 1.54) is 0 Å². The van der Waals surface area contributed by atoms with E-state index in [0.717, 1.165) is 0 Å². The van der Waals surface area contributed by atoms with Crippen molar-refractivity contribution in [1.29, 1.82) is 0 Å². The van der Waals surface area contributed by atoms with Crippen molar-refractivity contribution >= 4 is 32.0 Å². The molecule has 0 atom stereocenters. The van der Waals surface area contributed by atoms with Gasteiger partial charge >= 0.3 is 24.4 Å². The zero-order chi connectivity index (χ0) is 9.07. The molecule has 0 amide bonds. The van der Waals surface area contributed by atoms with Gasteiger partial charge in [-0.1, -0.05) is 18.8 Å². The van der Waals surface area contributed by atoms with Gasteiger partial charge in [-0.3, -0.25) is 0 Å². The van der Waals surface area contributed by atoms with Gasteiger partial charge < -0.3 is 13.4 Å². The third-order valence-corrected chi connectivity index (χ3v) is 24.4. The fraction of sp³-hybridized carbons (Fsp3) is 0.500. The maximum atomic E-state index is 11.4. The number of hydrogen-bond donors (Lipinski definition) is 0. The summed E-state index contributed by atoms with van der Waals surface area (Å²) in [6.45, 7) is 7.21. The molecule has 60 valence electrons. The SMILES string of the molecule is C=C[Si](C)(C)[Si](=O)[Si](=O)[SiH]=O. The minimum atomic E-state index is -2.26. The van der Waals surface area contributed by atoms with Crippen molar-refractivity contribution in [3.05, 3.63) is 12.3 Å². The molecule has 0 aliphatic heterocycles. The number of hydrogen-bond acceptors (Lipinski definition) is 3. The van der Waals surface area contributed by atoms with Crippen molar-refractivity contribution in [2.45, 2.75) is 13.1 Å². The quantitative estimate of drug-likeness (QED) is 0.609. The van der Waals surface area contributed by atoms with Crippen LogP contribution in [0.2, 0.25) is 13.1 Å². The minimum Gasteiger partial charge on any atom is -0.388 e. The van der Waals surface area contributed by atoms with Crippen molar-refractivity contribution in [2.24, 2.45) is 0 Å². The van der Waals surface area contributed by atoms with Gasteiger partial charge in [0.2, 0.25) is 0 Å². The lowest BCUT2D eigenvalue weighted by Gasteiger charge is -2.09. The monoisotopic (exact) mass is 218 g/mol. The fourth-order valence-electron chi connectivity index (χ4n) is 0.464. The van der Waals surface area contributed by atoms with Gasteiger partial charge in [0.05, 0.1) is 0 Å². The van der Waals surface area contributed by atoms with Gasteiger partial charge in [-0.15, -0.1) is 6.58 Å². The van der Waals surface area contributed by atoms with E-state index in [-0.39, 0.29) is 0 Å². The summed E-state index contributed by atoms with van der Waals surface area (Å²) in [5, 5.41) is 0. The van der Waals surface area contributed by atoms with Gasteiger partial charge in [-0.25, -0.2) is 0 Å². The second-order valence-electron chi connectivity index (χ2n) is 2.74. The summed E-state index contributed by atoms with van der Waals surface area (Å²) >= 11 is 0. The average Bonchev–Trinajstić information content (AvgIpc) is 2.01. The molecule has 0 aliphatic carbocycles. The first-order valence-electron chi connectivity index (χ1n) is 3.13.